The van der Waals surface area contributed by atoms with Gasteiger partial charge in [-0.3, -0.25) is 14.1 Å². The Balaban J connectivity index is 1.41. The summed E-state index contributed by atoms with van der Waals surface area (Å²) in [6, 6.07) is 8.59. The van der Waals surface area contributed by atoms with Crippen molar-refractivity contribution >= 4 is 32.8 Å². The normalized spacial score (nSPS) is 17.5. The zero-order chi connectivity index (χ0) is 30.9. The minimum atomic E-state index is -4.17. The monoisotopic (exact) mass is 611 g/mol. The number of aromatic nitrogens is 4. The summed E-state index contributed by atoms with van der Waals surface area (Å²) < 4.78 is 57.8. The molecule has 0 saturated heterocycles. The predicted molar refractivity (Wildman–Crippen MR) is 163 cm³/mol. The average Bonchev–Trinajstić information content (AvgIpc) is 2.95. The maximum absolute atomic E-state index is 15.1. The van der Waals surface area contributed by atoms with E-state index >= 15 is 4.39 Å². The molecule has 43 heavy (non-hydrogen) atoms. The third kappa shape index (κ3) is 6.83. The lowest BCUT2D eigenvalue weighted by atomic mass is 9.91. The highest BCUT2D eigenvalue weighted by Gasteiger charge is 2.24. The first-order valence-corrected chi connectivity index (χ1v) is 15.8. The van der Waals surface area contributed by atoms with Crippen LogP contribution in [0.1, 0.15) is 51.1 Å². The molecule has 1 fully saturated rings. The van der Waals surface area contributed by atoms with E-state index in [0.29, 0.717) is 23.0 Å². The summed E-state index contributed by atoms with van der Waals surface area (Å²) in [7, 11) is 0.0266. The molecule has 0 aliphatic heterocycles. The first-order chi connectivity index (χ1) is 20.4. The van der Waals surface area contributed by atoms with E-state index in [9.17, 15) is 17.6 Å². The number of nitrogens with zero attached hydrogens (tertiary/aromatic N) is 5. The first-order valence-electron chi connectivity index (χ1n) is 14.2. The number of anilines is 2. The second-order valence-corrected chi connectivity index (χ2v) is 13.1. The van der Waals surface area contributed by atoms with Crippen LogP contribution in [0.5, 0.6) is 0 Å². The molecule has 1 saturated carbocycles. The number of rotatable bonds is 9. The Morgan fingerprint density at radius 1 is 1.02 bits per heavy atom. The highest BCUT2D eigenvalue weighted by molar-refractivity contribution is 7.91. The summed E-state index contributed by atoms with van der Waals surface area (Å²) in [6.45, 7) is 3.71. The van der Waals surface area contributed by atoms with Gasteiger partial charge in [0.1, 0.15) is 11.5 Å². The Morgan fingerprint density at radius 3 is 2.40 bits per heavy atom. The molecule has 0 radical (unpaired) electrons. The number of pyridine rings is 2. The molecule has 1 aromatic carbocycles. The first kappa shape index (κ1) is 30.5. The summed E-state index contributed by atoms with van der Waals surface area (Å²) in [5.74, 6) is -2.47. The number of hydrogen-bond acceptors (Lipinski definition) is 8. The fourth-order valence-corrected chi connectivity index (χ4v) is 6.62. The SMILES string of the molecule is CC(C)n1c(=O)c(-c2cnc(NS(=O)(=O)Cc3ccccc3F)c(F)c2)cc2cnc(NC3CCC(N(C)C)CC3)nc21. The number of benzene rings is 1. The van der Waals surface area contributed by atoms with E-state index in [1.165, 1.54) is 29.0 Å². The average molecular weight is 612 g/mol. The number of sulfonamides is 1. The van der Waals surface area contributed by atoms with Crippen LogP contribution in [0.4, 0.5) is 20.5 Å². The fraction of sp³-hybridized carbons (Fsp3) is 0.400. The van der Waals surface area contributed by atoms with E-state index in [0.717, 1.165) is 37.8 Å². The van der Waals surface area contributed by atoms with Gasteiger partial charge in [0.15, 0.2) is 11.6 Å². The van der Waals surface area contributed by atoms with Gasteiger partial charge >= 0.3 is 0 Å². The molecule has 4 aromatic rings. The van der Waals surface area contributed by atoms with Crippen LogP contribution in [0.15, 0.2) is 53.6 Å². The molecule has 2 N–H and O–H groups in total. The van der Waals surface area contributed by atoms with Gasteiger partial charge in [0.25, 0.3) is 5.56 Å². The van der Waals surface area contributed by atoms with Crippen molar-refractivity contribution in [2.24, 2.45) is 0 Å². The minimum absolute atomic E-state index is 0.0605. The molecule has 0 atom stereocenters. The third-order valence-electron chi connectivity index (χ3n) is 7.76. The van der Waals surface area contributed by atoms with Gasteiger partial charge < -0.3 is 10.2 Å². The Kier molecular flexibility index (Phi) is 8.74. The molecule has 0 bridgehead atoms. The Hall–Kier alpha value is -3.97. The zero-order valence-electron chi connectivity index (χ0n) is 24.5. The van der Waals surface area contributed by atoms with Crippen LogP contribution in [0.3, 0.4) is 0 Å². The molecule has 228 valence electrons. The molecular formula is C30H35F2N7O3S. The molecule has 5 rings (SSSR count). The molecule has 1 aliphatic carbocycles. The summed E-state index contributed by atoms with van der Waals surface area (Å²) in [5, 5.41) is 4.01. The van der Waals surface area contributed by atoms with E-state index in [1.807, 2.05) is 13.8 Å². The van der Waals surface area contributed by atoms with Gasteiger partial charge in [-0.2, -0.15) is 4.98 Å². The maximum atomic E-state index is 15.1. The molecule has 3 aromatic heterocycles. The molecular weight excluding hydrogens is 576 g/mol. The van der Waals surface area contributed by atoms with Crippen LogP contribution in [0.2, 0.25) is 0 Å². The van der Waals surface area contributed by atoms with E-state index in [2.05, 4.69) is 39.0 Å². The Morgan fingerprint density at radius 2 is 1.74 bits per heavy atom. The van der Waals surface area contributed by atoms with Gasteiger partial charge in [0.2, 0.25) is 16.0 Å². The van der Waals surface area contributed by atoms with Gasteiger partial charge in [0, 0.05) is 52.6 Å². The third-order valence-corrected chi connectivity index (χ3v) is 8.95. The number of nitrogens with one attached hydrogen (secondary N) is 2. The van der Waals surface area contributed by atoms with Gasteiger partial charge in [-0.1, -0.05) is 18.2 Å². The second kappa shape index (κ2) is 12.3. The molecule has 3 heterocycles. The lowest BCUT2D eigenvalue weighted by Gasteiger charge is -2.33. The van der Waals surface area contributed by atoms with E-state index in [-0.39, 0.29) is 28.8 Å². The lowest BCUT2D eigenvalue weighted by Crippen LogP contribution is -2.36. The molecule has 10 nitrogen and oxygen atoms in total. The maximum Gasteiger partial charge on any atom is 0.260 e. The highest BCUT2D eigenvalue weighted by atomic mass is 32.2. The predicted octanol–water partition coefficient (Wildman–Crippen LogP) is 4.94. The summed E-state index contributed by atoms with van der Waals surface area (Å²) in [6.07, 6.45) is 7.00. The largest absolute Gasteiger partial charge is 0.351 e. The van der Waals surface area contributed by atoms with Crippen molar-refractivity contribution in [2.45, 2.75) is 63.4 Å². The van der Waals surface area contributed by atoms with Gasteiger partial charge in [0.05, 0.1) is 5.75 Å². The zero-order valence-corrected chi connectivity index (χ0v) is 25.3. The number of hydrogen-bond donors (Lipinski definition) is 2. The summed E-state index contributed by atoms with van der Waals surface area (Å²) in [4.78, 5) is 29.0. The van der Waals surface area contributed by atoms with Crippen LogP contribution < -0.4 is 15.6 Å². The molecule has 13 heteroatoms. The molecule has 0 spiro atoms. The Labute approximate surface area is 249 Å². The minimum Gasteiger partial charge on any atom is -0.351 e. The van der Waals surface area contributed by atoms with E-state index in [1.54, 1.807) is 12.3 Å². The van der Waals surface area contributed by atoms with Crippen molar-refractivity contribution in [2.75, 3.05) is 24.1 Å². The van der Waals surface area contributed by atoms with Crippen LogP contribution >= 0.6 is 0 Å². The van der Waals surface area contributed by atoms with Crippen LogP contribution in [0, 0.1) is 11.6 Å². The highest BCUT2D eigenvalue weighted by Crippen LogP contribution is 2.27. The van der Waals surface area contributed by atoms with Crippen molar-refractivity contribution in [1.29, 1.82) is 0 Å². The Bertz CT molecular complexity index is 1800. The lowest BCUT2D eigenvalue weighted by molar-refractivity contribution is 0.221. The topological polar surface area (TPSA) is 122 Å². The summed E-state index contributed by atoms with van der Waals surface area (Å²) in [5.41, 5.74) is 0.326. The van der Waals surface area contributed by atoms with E-state index in [4.69, 9.17) is 4.98 Å². The van der Waals surface area contributed by atoms with Gasteiger partial charge in [-0.25, -0.2) is 27.2 Å². The number of fused-ring (bicyclic) bond motifs is 1. The van der Waals surface area contributed by atoms with Gasteiger partial charge in [-0.05, 0) is 71.8 Å². The van der Waals surface area contributed by atoms with Crippen molar-refractivity contribution in [3.63, 3.8) is 0 Å². The fourth-order valence-electron chi connectivity index (χ4n) is 5.46. The standard InChI is InChI=1S/C30H35F2N7O3S/c1-18(2)39-28-21(16-34-30(36-28)35-22-9-11-23(12-10-22)38(3)4)13-24(29(39)40)20-14-26(32)27(33-15-20)37-43(41,42)17-19-7-5-6-8-25(19)31/h5-8,13-16,18,22-23H,9-12,17H2,1-4H3,(H,33,37)(H,34,35,36). The summed E-state index contributed by atoms with van der Waals surface area (Å²) >= 11 is 0. The van der Waals surface area contributed by atoms with Crippen molar-refractivity contribution < 1.29 is 17.2 Å². The van der Waals surface area contributed by atoms with E-state index < -0.39 is 38.8 Å². The van der Waals surface area contributed by atoms with Crippen LogP contribution in [-0.2, 0) is 15.8 Å². The molecule has 1 aliphatic rings. The number of halogens is 2. The smallest absolute Gasteiger partial charge is 0.260 e. The quantitative estimate of drug-likeness (QED) is 0.273. The van der Waals surface area contributed by atoms with Crippen molar-refractivity contribution in [1.82, 2.24) is 24.4 Å². The van der Waals surface area contributed by atoms with Gasteiger partial charge in [-0.15, -0.1) is 0 Å². The molecule has 0 unspecified atom stereocenters. The van der Waals surface area contributed by atoms with Crippen LogP contribution in [-0.4, -0.2) is 59.0 Å². The molecule has 0 amide bonds. The van der Waals surface area contributed by atoms with Crippen molar-refractivity contribution in [3.8, 4) is 11.1 Å². The van der Waals surface area contributed by atoms with Crippen LogP contribution in [0.25, 0.3) is 22.2 Å². The second-order valence-electron chi connectivity index (χ2n) is 11.4. The van der Waals surface area contributed by atoms with Crippen molar-refractivity contribution in [3.05, 3.63) is 76.3 Å².